The van der Waals surface area contributed by atoms with Gasteiger partial charge in [0.05, 0.1) is 6.61 Å². The molecular weight excluding hydrogens is 278 g/mol. The van der Waals surface area contributed by atoms with Gasteiger partial charge in [0.1, 0.15) is 5.75 Å². The van der Waals surface area contributed by atoms with Gasteiger partial charge in [0.25, 0.3) is 0 Å². The molecule has 0 bridgehead atoms. The third kappa shape index (κ3) is 4.68. The Labute approximate surface area is 113 Å². The molecule has 0 saturated carbocycles. The highest BCUT2D eigenvalue weighted by Gasteiger charge is 2.10. The van der Waals surface area contributed by atoms with Crippen LogP contribution in [0.2, 0.25) is 0 Å². The maximum Gasteiger partial charge on any atom is 0.124 e. The predicted molar refractivity (Wildman–Crippen MR) is 76.3 cm³/mol. The molecule has 0 aliphatic carbocycles. The summed E-state index contributed by atoms with van der Waals surface area (Å²) in [6.07, 6.45) is 2.40. The Morgan fingerprint density at radius 1 is 1.35 bits per heavy atom. The fourth-order valence-corrected chi connectivity index (χ4v) is 2.19. The number of nitrogens with two attached hydrogens (primary N) is 1. The van der Waals surface area contributed by atoms with Gasteiger partial charge in [-0.25, -0.2) is 0 Å². The smallest absolute Gasteiger partial charge is 0.124 e. The van der Waals surface area contributed by atoms with E-state index >= 15 is 0 Å². The molecule has 2 nitrogen and oxygen atoms in total. The average Bonchev–Trinajstić information content (AvgIpc) is 2.27. The monoisotopic (exact) mass is 299 g/mol. The molecule has 2 N–H and O–H groups in total. The van der Waals surface area contributed by atoms with Crippen molar-refractivity contribution in [2.45, 2.75) is 39.7 Å². The maximum atomic E-state index is 5.95. The van der Waals surface area contributed by atoms with Crippen molar-refractivity contribution < 1.29 is 4.74 Å². The van der Waals surface area contributed by atoms with E-state index in [-0.39, 0.29) is 6.04 Å². The lowest BCUT2D eigenvalue weighted by atomic mass is 10.1. The molecule has 17 heavy (non-hydrogen) atoms. The van der Waals surface area contributed by atoms with E-state index < -0.39 is 0 Å². The third-order valence-corrected chi connectivity index (χ3v) is 3.26. The summed E-state index contributed by atoms with van der Waals surface area (Å²) >= 11 is 3.46. The summed E-state index contributed by atoms with van der Waals surface area (Å²) in [6.45, 7) is 7.15. The molecule has 0 aliphatic heterocycles. The van der Waals surface area contributed by atoms with Crippen molar-refractivity contribution in [3.8, 4) is 5.75 Å². The molecule has 0 aromatic heterocycles. The number of benzene rings is 1. The minimum Gasteiger partial charge on any atom is -0.493 e. The number of halogens is 1. The van der Waals surface area contributed by atoms with Gasteiger partial charge in [-0.15, -0.1) is 0 Å². The molecule has 96 valence electrons. The zero-order valence-corrected chi connectivity index (χ0v) is 12.5. The van der Waals surface area contributed by atoms with Crippen LogP contribution in [-0.2, 0) is 0 Å². The SMILES string of the molecule is CCCC(C)COc1ccc(Br)cc1[C@@H](C)N. The van der Waals surface area contributed by atoms with Crippen LogP contribution in [0.15, 0.2) is 22.7 Å². The molecule has 0 amide bonds. The van der Waals surface area contributed by atoms with E-state index in [2.05, 4.69) is 29.8 Å². The topological polar surface area (TPSA) is 35.2 Å². The standard InChI is InChI=1S/C14H22BrNO/c1-4-5-10(2)9-17-14-7-6-12(15)8-13(14)11(3)16/h6-8,10-11H,4-5,9,16H2,1-3H3/t10?,11-/m1/s1. The largest absolute Gasteiger partial charge is 0.493 e. The summed E-state index contributed by atoms with van der Waals surface area (Å²) in [4.78, 5) is 0. The fraction of sp³-hybridized carbons (Fsp3) is 0.571. The lowest BCUT2D eigenvalue weighted by Crippen LogP contribution is -2.12. The summed E-state index contributed by atoms with van der Waals surface area (Å²) in [5.41, 5.74) is 7.01. The molecule has 1 unspecified atom stereocenters. The molecule has 1 aromatic carbocycles. The molecule has 1 rings (SSSR count). The van der Waals surface area contributed by atoms with Crippen LogP contribution in [0, 0.1) is 5.92 Å². The first-order valence-corrected chi connectivity index (χ1v) is 7.01. The Morgan fingerprint density at radius 2 is 2.06 bits per heavy atom. The van der Waals surface area contributed by atoms with Gasteiger partial charge < -0.3 is 10.5 Å². The van der Waals surface area contributed by atoms with Gasteiger partial charge in [-0.05, 0) is 37.5 Å². The van der Waals surface area contributed by atoms with Gasteiger partial charge in [-0.3, -0.25) is 0 Å². The van der Waals surface area contributed by atoms with Crippen LogP contribution >= 0.6 is 15.9 Å². The Balaban J connectivity index is 2.70. The lowest BCUT2D eigenvalue weighted by Gasteiger charge is -2.17. The normalized spacial score (nSPS) is 14.4. The van der Waals surface area contributed by atoms with Gasteiger partial charge in [-0.2, -0.15) is 0 Å². The zero-order valence-electron chi connectivity index (χ0n) is 10.9. The molecule has 0 radical (unpaired) electrons. The van der Waals surface area contributed by atoms with Gasteiger partial charge in [0, 0.05) is 16.1 Å². The van der Waals surface area contributed by atoms with Crippen LogP contribution in [0.5, 0.6) is 5.75 Å². The average molecular weight is 300 g/mol. The van der Waals surface area contributed by atoms with E-state index in [1.165, 1.54) is 12.8 Å². The van der Waals surface area contributed by atoms with Gasteiger partial charge in [0.15, 0.2) is 0 Å². The van der Waals surface area contributed by atoms with Crippen LogP contribution in [0.25, 0.3) is 0 Å². The first-order chi connectivity index (χ1) is 8.04. The highest BCUT2D eigenvalue weighted by atomic mass is 79.9. The quantitative estimate of drug-likeness (QED) is 0.851. The molecule has 0 saturated heterocycles. The summed E-state index contributed by atoms with van der Waals surface area (Å²) in [6, 6.07) is 6.00. The van der Waals surface area contributed by atoms with Crippen LogP contribution in [-0.4, -0.2) is 6.61 Å². The number of hydrogen-bond acceptors (Lipinski definition) is 2. The highest BCUT2D eigenvalue weighted by Crippen LogP contribution is 2.28. The zero-order chi connectivity index (χ0) is 12.8. The fourth-order valence-electron chi connectivity index (χ4n) is 1.81. The molecule has 3 heteroatoms. The molecule has 0 aliphatic rings. The van der Waals surface area contributed by atoms with E-state index in [0.717, 1.165) is 22.4 Å². The Kier molecular flexibility index (Phi) is 6.00. The number of hydrogen-bond donors (Lipinski definition) is 1. The van der Waals surface area contributed by atoms with Crippen LogP contribution < -0.4 is 10.5 Å². The van der Waals surface area contributed by atoms with E-state index in [1.54, 1.807) is 0 Å². The lowest BCUT2D eigenvalue weighted by molar-refractivity contribution is 0.248. The van der Waals surface area contributed by atoms with Crippen LogP contribution in [0.1, 0.15) is 45.2 Å². The molecule has 0 fully saturated rings. The molecular formula is C14H22BrNO. The first-order valence-electron chi connectivity index (χ1n) is 6.22. The van der Waals surface area contributed by atoms with Crippen molar-refractivity contribution in [3.05, 3.63) is 28.2 Å². The predicted octanol–water partition coefficient (Wildman–Crippen LogP) is 4.28. The van der Waals surface area contributed by atoms with Gasteiger partial charge >= 0.3 is 0 Å². The van der Waals surface area contributed by atoms with E-state index in [1.807, 2.05) is 25.1 Å². The van der Waals surface area contributed by atoms with Crippen LogP contribution in [0.4, 0.5) is 0 Å². The minimum atomic E-state index is -0.0102. The van der Waals surface area contributed by atoms with E-state index in [4.69, 9.17) is 10.5 Å². The number of rotatable bonds is 6. The minimum absolute atomic E-state index is 0.0102. The molecule has 0 spiro atoms. The summed E-state index contributed by atoms with van der Waals surface area (Å²) < 4.78 is 6.91. The maximum absolute atomic E-state index is 5.95. The van der Waals surface area contributed by atoms with Crippen molar-refractivity contribution in [3.63, 3.8) is 0 Å². The summed E-state index contributed by atoms with van der Waals surface area (Å²) in [5.74, 6) is 1.50. The highest BCUT2D eigenvalue weighted by molar-refractivity contribution is 9.10. The van der Waals surface area contributed by atoms with Crippen molar-refractivity contribution in [2.24, 2.45) is 11.7 Å². The third-order valence-electron chi connectivity index (χ3n) is 2.77. The van der Waals surface area contributed by atoms with Crippen molar-refractivity contribution in [2.75, 3.05) is 6.61 Å². The Morgan fingerprint density at radius 3 is 2.65 bits per heavy atom. The van der Waals surface area contributed by atoms with Crippen molar-refractivity contribution in [1.82, 2.24) is 0 Å². The van der Waals surface area contributed by atoms with Gasteiger partial charge in [0.2, 0.25) is 0 Å². The molecule has 0 heterocycles. The number of ether oxygens (including phenoxy) is 1. The van der Waals surface area contributed by atoms with Crippen molar-refractivity contribution >= 4 is 15.9 Å². The van der Waals surface area contributed by atoms with Gasteiger partial charge in [-0.1, -0.05) is 36.2 Å². The Bertz CT molecular complexity index is 352. The van der Waals surface area contributed by atoms with E-state index in [9.17, 15) is 0 Å². The van der Waals surface area contributed by atoms with Crippen LogP contribution in [0.3, 0.4) is 0 Å². The van der Waals surface area contributed by atoms with E-state index in [0.29, 0.717) is 5.92 Å². The second-order valence-electron chi connectivity index (χ2n) is 4.68. The molecule has 1 aromatic rings. The summed E-state index contributed by atoms with van der Waals surface area (Å²) in [7, 11) is 0. The Hall–Kier alpha value is -0.540. The molecule has 2 atom stereocenters. The van der Waals surface area contributed by atoms with Crippen molar-refractivity contribution in [1.29, 1.82) is 0 Å². The first kappa shape index (κ1) is 14.5. The summed E-state index contributed by atoms with van der Waals surface area (Å²) in [5, 5.41) is 0. The second-order valence-corrected chi connectivity index (χ2v) is 5.59. The second kappa shape index (κ2) is 7.02.